The van der Waals surface area contributed by atoms with Gasteiger partial charge in [-0.25, -0.2) is 4.79 Å². The van der Waals surface area contributed by atoms with E-state index in [2.05, 4.69) is 9.80 Å². The van der Waals surface area contributed by atoms with E-state index in [-0.39, 0.29) is 0 Å². The van der Waals surface area contributed by atoms with Crippen molar-refractivity contribution < 1.29 is 14.7 Å². The quantitative estimate of drug-likeness (QED) is 0.838. The molecular weight excluding hydrogens is 306 g/mol. The molecule has 4 fully saturated rings. The Hall–Kier alpha value is -1.30. The van der Waals surface area contributed by atoms with Gasteiger partial charge in [-0.3, -0.25) is 9.69 Å². The van der Waals surface area contributed by atoms with Crippen LogP contribution in [0.1, 0.15) is 51.4 Å². The van der Waals surface area contributed by atoms with Crippen molar-refractivity contribution in [2.45, 2.75) is 69.5 Å². The second-order valence-electron chi connectivity index (χ2n) is 8.06. The summed E-state index contributed by atoms with van der Waals surface area (Å²) in [7, 11) is 0. The molecule has 3 aliphatic heterocycles. The van der Waals surface area contributed by atoms with E-state index in [1.807, 2.05) is 0 Å². The lowest BCUT2D eigenvalue weighted by Crippen LogP contribution is -2.51. The second kappa shape index (κ2) is 6.54. The third kappa shape index (κ3) is 2.89. The zero-order valence-electron chi connectivity index (χ0n) is 14.4. The Balaban J connectivity index is 1.33. The first-order valence-corrected chi connectivity index (χ1v) is 9.66. The summed E-state index contributed by atoms with van der Waals surface area (Å²) in [6.45, 7) is 3.32. The molecule has 4 rings (SSSR count). The summed E-state index contributed by atoms with van der Waals surface area (Å²) in [5, 5.41) is 9.12. The summed E-state index contributed by atoms with van der Waals surface area (Å²) in [4.78, 5) is 29.9. The van der Waals surface area contributed by atoms with E-state index in [1.54, 1.807) is 0 Å². The Morgan fingerprint density at radius 2 is 1.67 bits per heavy atom. The van der Waals surface area contributed by atoms with E-state index in [0.717, 1.165) is 38.8 Å². The minimum absolute atomic E-state index is 0.374. The van der Waals surface area contributed by atoms with Gasteiger partial charge in [0, 0.05) is 50.7 Å². The highest BCUT2D eigenvalue weighted by atomic mass is 16.4. The number of carbonyl (C=O) groups is 2. The molecule has 4 aliphatic rings. The molecule has 0 aromatic rings. The smallest absolute Gasteiger partial charge is 0.407 e. The standard InChI is InChI=1S/C18H29N3O3/c22-17-11-13-3-1-2-4-16(13)21(17)14-5-8-19(9-6-14)15-7-10-20(12-15)18(23)24/h13-16H,1-12H2,(H,23,24)/t13-,15-,16+/m1/s1. The van der Waals surface area contributed by atoms with Crippen LogP contribution >= 0.6 is 0 Å². The average molecular weight is 335 g/mol. The lowest BCUT2D eigenvalue weighted by Gasteiger charge is -2.42. The molecule has 3 saturated heterocycles. The maximum absolute atomic E-state index is 12.5. The number of amides is 2. The molecule has 6 heteroatoms. The molecule has 0 radical (unpaired) electrons. The molecule has 3 atom stereocenters. The fourth-order valence-electron chi connectivity index (χ4n) is 5.52. The van der Waals surface area contributed by atoms with E-state index in [9.17, 15) is 9.59 Å². The first-order chi connectivity index (χ1) is 11.6. The van der Waals surface area contributed by atoms with Crippen LogP contribution in [-0.4, -0.2) is 76.1 Å². The molecular formula is C18H29N3O3. The van der Waals surface area contributed by atoms with Crippen molar-refractivity contribution in [3.8, 4) is 0 Å². The number of nitrogens with zero attached hydrogens (tertiary/aromatic N) is 3. The van der Waals surface area contributed by atoms with Gasteiger partial charge in [-0.1, -0.05) is 12.8 Å². The van der Waals surface area contributed by atoms with Gasteiger partial charge in [-0.2, -0.15) is 0 Å². The fourth-order valence-corrected chi connectivity index (χ4v) is 5.52. The third-order valence-electron chi connectivity index (χ3n) is 6.79. The first-order valence-electron chi connectivity index (χ1n) is 9.66. The van der Waals surface area contributed by atoms with Crippen molar-refractivity contribution in [1.82, 2.24) is 14.7 Å². The zero-order valence-corrected chi connectivity index (χ0v) is 14.4. The molecule has 134 valence electrons. The van der Waals surface area contributed by atoms with Crippen LogP contribution in [-0.2, 0) is 4.79 Å². The van der Waals surface area contributed by atoms with E-state index in [1.165, 1.54) is 30.6 Å². The molecule has 0 spiro atoms. The predicted octanol–water partition coefficient (Wildman–Crippen LogP) is 1.99. The molecule has 1 aliphatic carbocycles. The Bertz CT molecular complexity index is 504. The fraction of sp³-hybridized carbons (Fsp3) is 0.889. The van der Waals surface area contributed by atoms with Crippen LogP contribution in [0.25, 0.3) is 0 Å². The van der Waals surface area contributed by atoms with Crippen molar-refractivity contribution in [3.63, 3.8) is 0 Å². The van der Waals surface area contributed by atoms with Gasteiger partial charge in [0.2, 0.25) is 5.91 Å². The van der Waals surface area contributed by atoms with E-state index < -0.39 is 6.09 Å². The number of carboxylic acid groups (broad SMARTS) is 1. The van der Waals surface area contributed by atoms with Crippen LogP contribution in [0.15, 0.2) is 0 Å². The van der Waals surface area contributed by atoms with Gasteiger partial charge in [0.25, 0.3) is 0 Å². The highest BCUT2D eigenvalue weighted by Gasteiger charge is 2.44. The minimum Gasteiger partial charge on any atom is -0.465 e. The van der Waals surface area contributed by atoms with Crippen molar-refractivity contribution in [1.29, 1.82) is 0 Å². The van der Waals surface area contributed by atoms with Crippen molar-refractivity contribution in [2.24, 2.45) is 5.92 Å². The lowest BCUT2D eigenvalue weighted by molar-refractivity contribution is -0.132. The number of fused-ring (bicyclic) bond motifs is 1. The number of piperidine rings is 1. The van der Waals surface area contributed by atoms with Crippen molar-refractivity contribution in [2.75, 3.05) is 26.2 Å². The largest absolute Gasteiger partial charge is 0.465 e. The topological polar surface area (TPSA) is 64.1 Å². The Morgan fingerprint density at radius 1 is 0.958 bits per heavy atom. The number of hydrogen-bond donors (Lipinski definition) is 1. The Kier molecular flexibility index (Phi) is 4.41. The van der Waals surface area contributed by atoms with Crippen molar-refractivity contribution >= 4 is 12.0 Å². The van der Waals surface area contributed by atoms with Gasteiger partial charge < -0.3 is 14.9 Å². The predicted molar refractivity (Wildman–Crippen MR) is 89.8 cm³/mol. The monoisotopic (exact) mass is 335 g/mol. The highest BCUT2D eigenvalue weighted by molar-refractivity contribution is 5.79. The SMILES string of the molecule is O=C(O)N1CC[C@@H](N2CCC(N3C(=O)C[C@H]4CCCC[C@@H]43)CC2)C1. The first kappa shape index (κ1) is 16.2. The van der Waals surface area contributed by atoms with Crippen LogP contribution in [0.4, 0.5) is 4.79 Å². The van der Waals surface area contributed by atoms with Crippen LogP contribution in [0.2, 0.25) is 0 Å². The molecule has 24 heavy (non-hydrogen) atoms. The van der Waals surface area contributed by atoms with Gasteiger partial charge >= 0.3 is 6.09 Å². The third-order valence-corrected chi connectivity index (χ3v) is 6.79. The Labute approximate surface area is 143 Å². The summed E-state index contributed by atoms with van der Waals surface area (Å²) in [6, 6.07) is 1.30. The molecule has 0 unspecified atom stereocenters. The molecule has 6 nitrogen and oxygen atoms in total. The molecule has 2 amide bonds. The molecule has 0 aromatic heterocycles. The summed E-state index contributed by atoms with van der Waals surface area (Å²) in [5.41, 5.74) is 0. The zero-order chi connectivity index (χ0) is 16.7. The summed E-state index contributed by atoms with van der Waals surface area (Å²) < 4.78 is 0. The number of carbonyl (C=O) groups excluding carboxylic acids is 1. The summed E-state index contributed by atoms with van der Waals surface area (Å²) in [6.07, 6.45) is 8.05. The van der Waals surface area contributed by atoms with Crippen LogP contribution in [0.5, 0.6) is 0 Å². The summed E-state index contributed by atoms with van der Waals surface area (Å²) >= 11 is 0. The number of hydrogen-bond acceptors (Lipinski definition) is 3. The normalized spacial score (nSPS) is 35.5. The van der Waals surface area contributed by atoms with Crippen LogP contribution in [0, 0.1) is 5.92 Å². The molecule has 0 aromatic carbocycles. The van der Waals surface area contributed by atoms with Gasteiger partial charge in [-0.05, 0) is 38.0 Å². The molecule has 1 N–H and O–H groups in total. The van der Waals surface area contributed by atoms with Gasteiger partial charge in [0.1, 0.15) is 0 Å². The van der Waals surface area contributed by atoms with Gasteiger partial charge in [0.15, 0.2) is 0 Å². The van der Waals surface area contributed by atoms with Crippen molar-refractivity contribution in [3.05, 3.63) is 0 Å². The average Bonchev–Trinajstić information content (AvgIpc) is 3.19. The molecule has 1 saturated carbocycles. The van der Waals surface area contributed by atoms with Crippen LogP contribution in [0.3, 0.4) is 0 Å². The van der Waals surface area contributed by atoms with E-state index in [0.29, 0.717) is 43.0 Å². The molecule has 0 bridgehead atoms. The highest BCUT2D eigenvalue weighted by Crippen LogP contribution is 2.39. The lowest BCUT2D eigenvalue weighted by atomic mass is 9.84. The van der Waals surface area contributed by atoms with Crippen LogP contribution < -0.4 is 0 Å². The van der Waals surface area contributed by atoms with Gasteiger partial charge in [-0.15, -0.1) is 0 Å². The maximum atomic E-state index is 12.5. The maximum Gasteiger partial charge on any atom is 0.407 e. The van der Waals surface area contributed by atoms with E-state index >= 15 is 0 Å². The summed E-state index contributed by atoms with van der Waals surface area (Å²) in [5.74, 6) is 1.01. The number of rotatable bonds is 2. The second-order valence-corrected chi connectivity index (χ2v) is 8.06. The Morgan fingerprint density at radius 3 is 2.38 bits per heavy atom. The van der Waals surface area contributed by atoms with E-state index in [4.69, 9.17) is 5.11 Å². The minimum atomic E-state index is -0.793. The molecule has 3 heterocycles. The number of likely N-dealkylation sites (tertiary alicyclic amines) is 3. The van der Waals surface area contributed by atoms with Gasteiger partial charge in [0.05, 0.1) is 0 Å².